The van der Waals surface area contributed by atoms with Crippen LogP contribution < -0.4 is 5.73 Å². The molecule has 4 heteroatoms. The van der Waals surface area contributed by atoms with Crippen LogP contribution in [0.5, 0.6) is 0 Å². The molecule has 2 aromatic heterocycles. The largest absolute Gasteiger partial charge is 0.384 e. The van der Waals surface area contributed by atoms with Gasteiger partial charge in [-0.15, -0.1) is 0 Å². The fraction of sp³-hybridized carbons (Fsp3) is 0. The molecule has 0 bridgehead atoms. The van der Waals surface area contributed by atoms with Crippen LogP contribution in [0.1, 0.15) is 0 Å². The minimum Gasteiger partial charge on any atom is -0.384 e. The molecule has 0 aliphatic rings. The molecule has 3 aromatic rings. The lowest BCUT2D eigenvalue weighted by Crippen LogP contribution is -1.88. The van der Waals surface area contributed by atoms with E-state index in [2.05, 4.69) is 16.0 Å². The Labute approximate surface area is 103 Å². The topological polar surface area (TPSA) is 54.7 Å². The number of nitrogen functional groups attached to an aromatic ring is 1. The van der Waals surface area contributed by atoms with Crippen molar-refractivity contribution >= 4 is 28.3 Å². The van der Waals surface area contributed by atoms with Crippen molar-refractivity contribution in [1.29, 1.82) is 0 Å². The van der Waals surface area contributed by atoms with Crippen LogP contribution in [0.25, 0.3) is 22.2 Å². The second-order valence-electron chi connectivity index (χ2n) is 3.86. The number of pyridine rings is 1. The maximum absolute atomic E-state index is 6.12. The number of nitrogens with one attached hydrogen (secondary N) is 1. The van der Waals surface area contributed by atoms with Crippen molar-refractivity contribution in [3.8, 4) is 11.3 Å². The van der Waals surface area contributed by atoms with E-state index in [0.717, 1.165) is 27.2 Å². The third kappa shape index (κ3) is 1.74. The van der Waals surface area contributed by atoms with Crippen LogP contribution in [-0.2, 0) is 0 Å². The van der Waals surface area contributed by atoms with Gasteiger partial charge in [0.15, 0.2) is 0 Å². The lowest BCUT2D eigenvalue weighted by Gasteiger charge is -1.97. The first kappa shape index (κ1) is 10.2. The van der Waals surface area contributed by atoms with Crippen LogP contribution in [0.15, 0.2) is 42.6 Å². The highest BCUT2D eigenvalue weighted by Gasteiger charge is 2.05. The van der Waals surface area contributed by atoms with E-state index in [1.165, 1.54) is 0 Å². The third-order valence-electron chi connectivity index (χ3n) is 2.70. The van der Waals surface area contributed by atoms with Crippen molar-refractivity contribution in [2.75, 3.05) is 5.73 Å². The van der Waals surface area contributed by atoms with Crippen LogP contribution in [-0.4, -0.2) is 9.97 Å². The van der Waals surface area contributed by atoms with Gasteiger partial charge in [-0.25, -0.2) is 4.98 Å². The average molecular weight is 244 g/mol. The first-order valence-electron chi connectivity index (χ1n) is 5.23. The summed E-state index contributed by atoms with van der Waals surface area (Å²) in [6.07, 6.45) is 1.74. The number of hydrogen-bond donors (Lipinski definition) is 2. The molecule has 84 valence electrons. The maximum Gasteiger partial charge on any atom is 0.123 e. The standard InChI is InChI=1S/C13H10ClN3/c14-10-3-1-2-8-6-11(17-13(8)10)9-4-5-12(15)16-7-9/h1-7,17H,(H2,15,16). The van der Waals surface area contributed by atoms with E-state index >= 15 is 0 Å². The van der Waals surface area contributed by atoms with Gasteiger partial charge in [0.25, 0.3) is 0 Å². The van der Waals surface area contributed by atoms with E-state index in [4.69, 9.17) is 17.3 Å². The summed E-state index contributed by atoms with van der Waals surface area (Å²) >= 11 is 6.12. The van der Waals surface area contributed by atoms with Crippen molar-refractivity contribution in [3.63, 3.8) is 0 Å². The summed E-state index contributed by atoms with van der Waals surface area (Å²) in [5.74, 6) is 0.517. The zero-order valence-corrected chi connectivity index (χ0v) is 9.70. The summed E-state index contributed by atoms with van der Waals surface area (Å²) in [7, 11) is 0. The summed E-state index contributed by atoms with van der Waals surface area (Å²) in [5, 5.41) is 1.81. The number of nitrogens with zero attached hydrogens (tertiary/aromatic N) is 1. The molecule has 0 fully saturated rings. The van der Waals surface area contributed by atoms with E-state index in [1.807, 2.05) is 24.3 Å². The molecule has 3 rings (SSSR count). The molecule has 0 radical (unpaired) electrons. The highest BCUT2D eigenvalue weighted by Crippen LogP contribution is 2.28. The number of rotatable bonds is 1. The van der Waals surface area contributed by atoms with Crippen LogP contribution in [0.2, 0.25) is 5.02 Å². The Morgan fingerprint density at radius 2 is 2.06 bits per heavy atom. The molecular formula is C13H10ClN3. The Balaban J connectivity index is 2.18. The molecule has 0 saturated carbocycles. The zero-order valence-electron chi connectivity index (χ0n) is 8.94. The number of hydrogen-bond acceptors (Lipinski definition) is 2. The molecule has 0 aliphatic carbocycles. The average Bonchev–Trinajstić information content (AvgIpc) is 2.75. The Bertz CT molecular complexity index is 671. The quantitative estimate of drug-likeness (QED) is 0.688. The van der Waals surface area contributed by atoms with E-state index < -0.39 is 0 Å². The summed E-state index contributed by atoms with van der Waals surface area (Å²) in [4.78, 5) is 7.36. The minimum absolute atomic E-state index is 0.517. The molecule has 0 atom stereocenters. The Kier molecular flexibility index (Phi) is 2.27. The third-order valence-corrected chi connectivity index (χ3v) is 3.02. The predicted molar refractivity (Wildman–Crippen MR) is 71.0 cm³/mol. The second-order valence-corrected chi connectivity index (χ2v) is 4.27. The SMILES string of the molecule is Nc1ccc(-c2cc3cccc(Cl)c3[nH]2)cn1. The first-order chi connectivity index (χ1) is 8.24. The van der Waals surface area contributed by atoms with Gasteiger partial charge in [-0.1, -0.05) is 23.7 Å². The number of halogens is 1. The molecule has 17 heavy (non-hydrogen) atoms. The van der Waals surface area contributed by atoms with Gasteiger partial charge < -0.3 is 10.7 Å². The molecule has 0 amide bonds. The fourth-order valence-corrected chi connectivity index (χ4v) is 2.07. The fourth-order valence-electron chi connectivity index (χ4n) is 1.84. The van der Waals surface area contributed by atoms with Crippen LogP contribution in [0.3, 0.4) is 0 Å². The Morgan fingerprint density at radius 3 is 2.76 bits per heavy atom. The van der Waals surface area contributed by atoms with E-state index in [9.17, 15) is 0 Å². The zero-order chi connectivity index (χ0) is 11.8. The van der Waals surface area contributed by atoms with E-state index in [-0.39, 0.29) is 0 Å². The van der Waals surface area contributed by atoms with E-state index in [1.54, 1.807) is 12.3 Å². The van der Waals surface area contributed by atoms with Gasteiger partial charge >= 0.3 is 0 Å². The Morgan fingerprint density at radius 1 is 1.18 bits per heavy atom. The smallest absolute Gasteiger partial charge is 0.123 e. The molecule has 0 unspecified atom stereocenters. The molecule has 1 aromatic carbocycles. The van der Waals surface area contributed by atoms with Crippen molar-refractivity contribution < 1.29 is 0 Å². The summed E-state index contributed by atoms with van der Waals surface area (Å²) in [6.45, 7) is 0. The molecule has 2 heterocycles. The first-order valence-corrected chi connectivity index (χ1v) is 5.61. The number of nitrogens with two attached hydrogens (primary N) is 1. The van der Waals surface area contributed by atoms with Crippen LogP contribution in [0, 0.1) is 0 Å². The number of H-pyrrole nitrogens is 1. The minimum atomic E-state index is 0.517. The Hall–Kier alpha value is -2.00. The number of benzene rings is 1. The van der Waals surface area contributed by atoms with Gasteiger partial charge in [-0.2, -0.15) is 0 Å². The van der Waals surface area contributed by atoms with Crippen LogP contribution >= 0.6 is 11.6 Å². The van der Waals surface area contributed by atoms with Gasteiger partial charge in [0, 0.05) is 22.8 Å². The maximum atomic E-state index is 6.12. The molecule has 0 spiro atoms. The molecule has 0 aliphatic heterocycles. The molecule has 3 nitrogen and oxygen atoms in total. The molecule has 3 N–H and O–H groups in total. The van der Waals surface area contributed by atoms with Gasteiger partial charge in [-0.3, -0.25) is 0 Å². The van der Waals surface area contributed by atoms with E-state index in [0.29, 0.717) is 5.82 Å². The second kappa shape index (κ2) is 3.79. The molecule has 0 saturated heterocycles. The monoisotopic (exact) mass is 243 g/mol. The van der Waals surface area contributed by atoms with Gasteiger partial charge in [0.1, 0.15) is 5.82 Å². The van der Waals surface area contributed by atoms with Gasteiger partial charge in [0.2, 0.25) is 0 Å². The number of anilines is 1. The lowest BCUT2D eigenvalue weighted by molar-refractivity contribution is 1.32. The highest BCUT2D eigenvalue weighted by molar-refractivity contribution is 6.35. The summed E-state index contributed by atoms with van der Waals surface area (Å²) in [6, 6.07) is 11.6. The number of aromatic nitrogens is 2. The number of aromatic amines is 1. The van der Waals surface area contributed by atoms with Crippen molar-refractivity contribution in [2.45, 2.75) is 0 Å². The van der Waals surface area contributed by atoms with Crippen molar-refractivity contribution in [1.82, 2.24) is 9.97 Å². The number of para-hydroxylation sites is 1. The summed E-state index contributed by atoms with van der Waals surface area (Å²) in [5.41, 5.74) is 8.49. The van der Waals surface area contributed by atoms with Crippen LogP contribution in [0.4, 0.5) is 5.82 Å². The number of fused-ring (bicyclic) bond motifs is 1. The molecular weight excluding hydrogens is 234 g/mol. The summed E-state index contributed by atoms with van der Waals surface area (Å²) < 4.78 is 0. The normalized spacial score (nSPS) is 10.9. The van der Waals surface area contributed by atoms with Crippen molar-refractivity contribution in [3.05, 3.63) is 47.6 Å². The van der Waals surface area contributed by atoms with Gasteiger partial charge in [0.05, 0.1) is 10.5 Å². The van der Waals surface area contributed by atoms with Gasteiger partial charge in [-0.05, 0) is 24.3 Å². The lowest BCUT2D eigenvalue weighted by atomic mass is 10.2. The highest BCUT2D eigenvalue weighted by atomic mass is 35.5. The predicted octanol–water partition coefficient (Wildman–Crippen LogP) is 3.47. The van der Waals surface area contributed by atoms with Crippen molar-refractivity contribution in [2.24, 2.45) is 0 Å².